The largest absolute Gasteiger partial charge is 0.253 e. The highest BCUT2D eigenvalue weighted by molar-refractivity contribution is 8.48. The number of rotatable bonds is 4. The summed E-state index contributed by atoms with van der Waals surface area (Å²) in [4.78, 5) is 0. The maximum absolute atomic E-state index is 5.62. The molecule has 0 spiro atoms. The van der Waals surface area contributed by atoms with Crippen LogP contribution in [0, 0.1) is 0 Å². The first-order valence-corrected chi connectivity index (χ1v) is 4.99. The van der Waals surface area contributed by atoms with E-state index in [1.54, 1.807) is 0 Å². The average molecular weight is 150 g/mol. The second-order valence-electron chi connectivity index (χ2n) is 2.50. The minimum Gasteiger partial charge on any atom is -0.253 e. The highest BCUT2D eigenvalue weighted by Gasteiger charge is 2.26. The molecule has 0 unspecified atom stereocenters. The quantitative estimate of drug-likeness (QED) is 0.290. The van der Waals surface area contributed by atoms with Gasteiger partial charge in [0, 0.05) is 60.5 Å². The van der Waals surface area contributed by atoms with Gasteiger partial charge in [0.2, 0.25) is 0 Å². The maximum atomic E-state index is 5.62. The highest BCUT2D eigenvalue weighted by Crippen LogP contribution is 2.38. The first-order chi connectivity index (χ1) is 5.37. The van der Waals surface area contributed by atoms with E-state index in [9.17, 15) is 0 Å². The Morgan fingerprint density at radius 2 is 1.00 bits per heavy atom. The van der Waals surface area contributed by atoms with Crippen LogP contribution in [0.5, 0.6) is 0 Å². The van der Waals surface area contributed by atoms with Crippen molar-refractivity contribution in [2.24, 2.45) is 0 Å². The molecule has 0 aliphatic carbocycles. The topological polar surface area (TPSA) is 0 Å². The van der Waals surface area contributed by atoms with Crippen molar-refractivity contribution in [2.45, 2.75) is 0 Å². The molecule has 12 heavy (non-hydrogen) atoms. The van der Waals surface area contributed by atoms with Crippen molar-refractivity contribution in [1.82, 2.24) is 0 Å². The molecule has 38 valence electrons. The molecular formula is B11P. The van der Waals surface area contributed by atoms with Crippen LogP contribution in [0.1, 0.15) is 0 Å². The minimum atomic E-state index is -1.14. The summed E-state index contributed by atoms with van der Waals surface area (Å²) in [5.41, 5.74) is 0. The van der Waals surface area contributed by atoms with Gasteiger partial charge in [-0.15, -0.1) is 0 Å². The normalized spacial score (nSPS) is 9.42. The zero-order valence-corrected chi connectivity index (χ0v) is 7.69. The molecule has 0 aliphatic heterocycles. The predicted molar refractivity (Wildman–Crippen MR) is 70.2 cm³/mol. The monoisotopic (exact) mass is 152 g/mol. The summed E-state index contributed by atoms with van der Waals surface area (Å²) in [5.74, 6) is 0. The summed E-state index contributed by atoms with van der Waals surface area (Å²) in [6.07, 6.45) is -2.52. The van der Waals surface area contributed by atoms with Crippen molar-refractivity contribution >= 4 is 86.7 Å². The molecule has 0 amide bonds. The lowest BCUT2D eigenvalue weighted by Crippen LogP contribution is -2.45. The molecule has 0 heterocycles. The number of hydrogen-bond donors (Lipinski definition) is 0. The van der Waals surface area contributed by atoms with Gasteiger partial charge in [0.05, 0.1) is 18.6 Å². The molecule has 0 bridgehead atoms. The van der Waals surface area contributed by atoms with Gasteiger partial charge in [0.15, 0.2) is 0 Å². The molecule has 0 fully saturated rings. The van der Waals surface area contributed by atoms with E-state index in [1.807, 2.05) is 0 Å². The lowest BCUT2D eigenvalue weighted by molar-refractivity contribution is 3.68. The third-order valence-electron chi connectivity index (χ3n) is 1.43. The fourth-order valence-corrected chi connectivity index (χ4v) is 2.39. The molecule has 0 N–H and O–H groups in total. The molecule has 0 aromatic heterocycles. The van der Waals surface area contributed by atoms with Gasteiger partial charge in [-0.3, -0.25) is 7.56 Å². The lowest BCUT2D eigenvalue weighted by Gasteiger charge is -2.33. The van der Waals surface area contributed by atoms with Gasteiger partial charge < -0.3 is 0 Å². The Kier molecular flexibility index (Phi) is 6.34. The Balaban J connectivity index is 4.30. The van der Waals surface area contributed by atoms with Gasteiger partial charge in [0.1, 0.15) is 0 Å². The predicted octanol–water partition coefficient (Wildman–Crippen LogP) is -3.33. The fraction of sp³-hybridized carbons (Fsp3) is 0. The van der Waals surface area contributed by atoms with Crippen LogP contribution in [0.3, 0.4) is 0 Å². The SMILES string of the molecule is [B]B([B])B([B])P(B([B])[B])B([B])[B]. The van der Waals surface area contributed by atoms with E-state index in [1.165, 1.54) is 0 Å². The second-order valence-corrected chi connectivity index (χ2v) is 5.18. The lowest BCUT2D eigenvalue weighted by atomic mass is 8.95. The molecule has 0 rings (SSSR count). The summed E-state index contributed by atoms with van der Waals surface area (Å²) in [6, 6.07) is 0. The average Bonchev–Trinajstić information content (AvgIpc) is 1.85. The number of hydrogen-bond acceptors (Lipinski definition) is 0. The van der Waals surface area contributed by atoms with Crippen molar-refractivity contribution in [3.05, 3.63) is 0 Å². The second kappa shape index (κ2) is 5.79. The van der Waals surface area contributed by atoms with E-state index >= 15 is 0 Å². The van der Waals surface area contributed by atoms with Crippen molar-refractivity contribution in [1.29, 1.82) is 0 Å². The molecule has 0 aromatic carbocycles. The molecule has 0 aromatic rings. The van der Waals surface area contributed by atoms with Crippen molar-refractivity contribution in [2.75, 3.05) is 0 Å². The Morgan fingerprint density at radius 3 is 1.08 bits per heavy atom. The Bertz CT molecular complexity index is 108. The molecule has 0 nitrogen and oxygen atoms in total. The zero-order chi connectivity index (χ0) is 9.89. The summed E-state index contributed by atoms with van der Waals surface area (Å²) in [6.45, 7) is 0. The van der Waals surface area contributed by atoms with Crippen molar-refractivity contribution in [3.63, 3.8) is 0 Å². The maximum Gasteiger partial charge on any atom is 0.0529 e. The molecule has 0 atom stereocenters. The third kappa shape index (κ3) is 3.90. The first-order valence-electron chi connectivity index (χ1n) is 3.44. The fourth-order valence-electron chi connectivity index (χ4n) is 0.795. The highest BCUT2D eigenvalue weighted by atomic mass is 31.1. The van der Waals surface area contributed by atoms with Gasteiger partial charge in [-0.2, -0.15) is 0 Å². The van der Waals surface area contributed by atoms with E-state index < -0.39 is 32.6 Å². The standard InChI is InChI=1S/B11P/c1-8(2)11(7)12(9(3)4)10(5)6. The van der Waals surface area contributed by atoms with Crippen molar-refractivity contribution < 1.29 is 0 Å². The Hall–Kier alpha value is 1.14. The summed E-state index contributed by atoms with van der Waals surface area (Å²) in [5, 5.41) is 0. The van der Waals surface area contributed by atoms with Crippen LogP contribution in [-0.4, -0.2) is 79.2 Å². The molecule has 0 saturated heterocycles. The van der Waals surface area contributed by atoms with E-state index in [0.717, 1.165) is 0 Å². The molecule has 14 radical (unpaired) electrons. The Morgan fingerprint density at radius 1 is 0.667 bits per heavy atom. The van der Waals surface area contributed by atoms with Gasteiger partial charge in [-0.25, -0.2) is 0 Å². The molecule has 0 aliphatic rings. The van der Waals surface area contributed by atoms with Crippen LogP contribution < -0.4 is 0 Å². The van der Waals surface area contributed by atoms with E-state index in [2.05, 4.69) is 0 Å². The third-order valence-corrected chi connectivity index (χ3v) is 3.84. The first kappa shape index (κ1) is 13.1. The van der Waals surface area contributed by atoms with Crippen LogP contribution in [-0.2, 0) is 0 Å². The van der Waals surface area contributed by atoms with Gasteiger partial charge in [0.25, 0.3) is 0 Å². The Labute approximate surface area is 87.0 Å². The summed E-state index contributed by atoms with van der Waals surface area (Å²) < 4.78 is 0. The van der Waals surface area contributed by atoms with Gasteiger partial charge in [-0.1, -0.05) is 0 Å². The van der Waals surface area contributed by atoms with Crippen LogP contribution in [0.4, 0.5) is 0 Å². The van der Waals surface area contributed by atoms with Crippen molar-refractivity contribution in [3.8, 4) is 0 Å². The van der Waals surface area contributed by atoms with Crippen LogP contribution in [0.2, 0.25) is 0 Å². The van der Waals surface area contributed by atoms with Crippen LogP contribution in [0.25, 0.3) is 0 Å². The van der Waals surface area contributed by atoms with Crippen LogP contribution >= 0.6 is 7.56 Å². The van der Waals surface area contributed by atoms with E-state index in [0.29, 0.717) is 0 Å². The van der Waals surface area contributed by atoms with E-state index in [4.69, 9.17) is 54.2 Å². The van der Waals surface area contributed by atoms with Gasteiger partial charge in [-0.05, 0) is 0 Å². The van der Waals surface area contributed by atoms with Gasteiger partial charge >= 0.3 is 0 Å². The smallest absolute Gasteiger partial charge is 0.0529 e. The molecule has 12 heteroatoms. The zero-order valence-electron chi connectivity index (χ0n) is 6.80. The van der Waals surface area contributed by atoms with Crippen LogP contribution in [0.15, 0.2) is 0 Å². The minimum absolute atomic E-state index is 0.528. The molecule has 0 saturated carbocycles. The van der Waals surface area contributed by atoms with E-state index in [-0.39, 0.29) is 0 Å². The summed E-state index contributed by atoms with van der Waals surface area (Å²) in [7, 11) is 36.9. The summed E-state index contributed by atoms with van der Waals surface area (Å²) >= 11 is 0. The molecular weight excluding hydrogens is 150 g/mol.